The number of phenolic OH excluding ortho intramolecular Hbond substituents is 1. The Bertz CT molecular complexity index is 1680. The molecule has 1 aromatic carbocycles. The highest BCUT2D eigenvalue weighted by Crippen LogP contribution is 2.54. The summed E-state index contributed by atoms with van der Waals surface area (Å²) in [5.74, 6) is -2.97. The van der Waals surface area contributed by atoms with Gasteiger partial charge in [0.05, 0.1) is 59.5 Å². The lowest BCUT2D eigenvalue weighted by Crippen LogP contribution is -2.71. The number of hydrogen-bond donors (Lipinski definition) is 6. The highest BCUT2D eigenvalue weighted by atomic mass is 16.7. The molecule has 4 fully saturated rings. The van der Waals surface area contributed by atoms with Crippen molar-refractivity contribution >= 4 is 17.3 Å². The molecular weight excluding hydrogens is 668 g/mol. The molecule has 1 aromatic rings. The van der Waals surface area contributed by atoms with Crippen molar-refractivity contribution in [3.8, 4) is 5.75 Å². The van der Waals surface area contributed by atoms with Gasteiger partial charge in [-0.1, -0.05) is 12.1 Å². The number of aromatic hydroxyl groups is 1. The van der Waals surface area contributed by atoms with E-state index in [0.717, 1.165) is 0 Å². The van der Waals surface area contributed by atoms with Crippen LogP contribution in [0, 0.1) is 0 Å². The standard InChI is InChI=1S/C37H46O14/c1-16-22(38)7-9-27(48-16)50-25-13-24(47-18(3)31(25)41)19-5-6-20-29(32(19)42)33(43)21-11-12-36(46)15-35(4,45)14-26(40)37(36,30(21)34(20)44)51-28-10-8-23(39)17(2)49-28/h5-6,11-12,16-18,22-25,27-28,31,38-39,41-42,45-46H,7-10,13-15H2,1-4H3/t16-,17-,18+,22-,23-,24?,25+,27-,28-,31+,35-,36-,37+/m0/s1. The molecule has 6 aliphatic rings. The van der Waals surface area contributed by atoms with Crippen LogP contribution >= 0.6 is 0 Å². The first-order valence-corrected chi connectivity index (χ1v) is 17.7. The number of hydrogen-bond acceptors (Lipinski definition) is 14. The van der Waals surface area contributed by atoms with Crippen LogP contribution in [0.2, 0.25) is 0 Å². The average molecular weight is 715 g/mol. The van der Waals surface area contributed by atoms with E-state index in [1.54, 1.807) is 20.8 Å². The van der Waals surface area contributed by atoms with Gasteiger partial charge in [0, 0.05) is 48.8 Å². The molecule has 0 spiro atoms. The highest BCUT2D eigenvalue weighted by Gasteiger charge is 2.69. The number of ether oxygens (including phenoxy) is 5. The minimum absolute atomic E-state index is 0.0670. The predicted molar refractivity (Wildman–Crippen MR) is 175 cm³/mol. The van der Waals surface area contributed by atoms with Gasteiger partial charge in [-0.05, 0) is 52.7 Å². The molecule has 0 amide bonds. The number of rotatable bonds is 5. The first kappa shape index (κ1) is 36.5. The van der Waals surface area contributed by atoms with E-state index in [2.05, 4.69) is 0 Å². The van der Waals surface area contributed by atoms with Gasteiger partial charge >= 0.3 is 0 Å². The molecule has 3 aliphatic heterocycles. The third kappa shape index (κ3) is 5.93. The lowest BCUT2D eigenvalue weighted by molar-refractivity contribution is -0.282. The summed E-state index contributed by atoms with van der Waals surface area (Å²) < 4.78 is 30.2. The summed E-state index contributed by atoms with van der Waals surface area (Å²) in [5.41, 5.74) is -7.41. The summed E-state index contributed by atoms with van der Waals surface area (Å²) in [7, 11) is 0. The van der Waals surface area contributed by atoms with E-state index < -0.39 is 120 Å². The fourth-order valence-corrected chi connectivity index (χ4v) is 8.60. The van der Waals surface area contributed by atoms with Crippen LogP contribution in [-0.2, 0) is 28.5 Å². The van der Waals surface area contributed by atoms with E-state index in [1.807, 2.05) is 0 Å². The topological polar surface area (TPSA) is 219 Å². The number of aliphatic hydroxyl groups is 5. The summed E-state index contributed by atoms with van der Waals surface area (Å²) >= 11 is 0. The SMILES string of the molecule is C[C@@H]1O[C@@H](O[C@@H]2CC(c3ccc4c(c3O)C(=O)C3=C(C4=O)[C@]4(O[C@H]5CC[C@H](O)[C@H](C)O5)C(=O)C[C@](C)(O)C[C@@]4(O)C=C3)O[C@H](C)[C@H]2O)CC[C@@H]1O. The maximum atomic E-state index is 14.6. The van der Waals surface area contributed by atoms with Gasteiger partial charge in [0.25, 0.3) is 0 Å². The third-order valence-electron chi connectivity index (χ3n) is 11.4. The molecule has 14 nitrogen and oxygen atoms in total. The number of benzene rings is 1. The molecular formula is C37H46O14. The summed E-state index contributed by atoms with van der Waals surface area (Å²) in [6, 6.07) is 2.78. The Morgan fingerprint density at radius 1 is 0.843 bits per heavy atom. The fourth-order valence-electron chi connectivity index (χ4n) is 8.60. The van der Waals surface area contributed by atoms with Crippen LogP contribution in [0.5, 0.6) is 5.75 Å². The second-order valence-corrected chi connectivity index (χ2v) is 15.3. The van der Waals surface area contributed by atoms with E-state index in [9.17, 15) is 45.0 Å². The molecule has 7 rings (SSSR count). The Morgan fingerprint density at radius 3 is 2.16 bits per heavy atom. The van der Waals surface area contributed by atoms with Gasteiger partial charge in [0.2, 0.25) is 0 Å². The smallest absolute Gasteiger partial charge is 0.198 e. The first-order chi connectivity index (χ1) is 24.0. The normalized spacial score (nSPS) is 44.2. The van der Waals surface area contributed by atoms with Crippen LogP contribution in [0.4, 0.5) is 0 Å². The van der Waals surface area contributed by atoms with E-state index >= 15 is 0 Å². The molecule has 14 heteroatoms. The Balaban J connectivity index is 1.24. The minimum atomic E-state index is -2.44. The van der Waals surface area contributed by atoms with Gasteiger partial charge in [0.1, 0.15) is 17.5 Å². The highest BCUT2D eigenvalue weighted by molar-refractivity contribution is 6.32. The minimum Gasteiger partial charge on any atom is -0.507 e. The number of fused-ring (bicyclic) bond motifs is 3. The van der Waals surface area contributed by atoms with E-state index in [1.165, 1.54) is 31.2 Å². The molecule has 51 heavy (non-hydrogen) atoms. The van der Waals surface area contributed by atoms with E-state index in [-0.39, 0.29) is 41.5 Å². The third-order valence-corrected chi connectivity index (χ3v) is 11.4. The quantitative estimate of drug-likeness (QED) is 0.255. The molecule has 1 unspecified atom stereocenters. The van der Waals surface area contributed by atoms with Crippen molar-refractivity contribution in [3.63, 3.8) is 0 Å². The van der Waals surface area contributed by atoms with Crippen molar-refractivity contribution in [1.82, 2.24) is 0 Å². The van der Waals surface area contributed by atoms with Crippen molar-refractivity contribution in [3.05, 3.63) is 52.1 Å². The molecule has 278 valence electrons. The molecule has 0 aromatic heterocycles. The van der Waals surface area contributed by atoms with E-state index in [4.69, 9.17) is 23.7 Å². The van der Waals surface area contributed by atoms with Crippen molar-refractivity contribution < 1.29 is 68.7 Å². The zero-order valence-corrected chi connectivity index (χ0v) is 29.0. The number of ketones is 3. The van der Waals surface area contributed by atoms with Crippen molar-refractivity contribution in [2.45, 2.75) is 151 Å². The van der Waals surface area contributed by atoms with Gasteiger partial charge in [0.15, 0.2) is 35.5 Å². The maximum Gasteiger partial charge on any atom is 0.198 e. The Hall–Kier alpha value is -2.89. The van der Waals surface area contributed by atoms with Crippen molar-refractivity contribution in [2.24, 2.45) is 0 Å². The fraction of sp³-hybridized carbons (Fsp3) is 0.649. The first-order valence-electron chi connectivity index (χ1n) is 17.7. The lowest BCUT2D eigenvalue weighted by atomic mass is 9.57. The number of allylic oxidation sites excluding steroid dienone is 2. The van der Waals surface area contributed by atoms with Crippen LogP contribution in [0.15, 0.2) is 35.4 Å². The van der Waals surface area contributed by atoms with Gasteiger partial charge in [-0.3, -0.25) is 14.4 Å². The van der Waals surface area contributed by atoms with Crippen molar-refractivity contribution in [2.75, 3.05) is 0 Å². The molecule has 0 radical (unpaired) electrons. The predicted octanol–water partition coefficient (Wildman–Crippen LogP) is 1.61. The van der Waals surface area contributed by atoms with Crippen molar-refractivity contribution in [1.29, 1.82) is 0 Å². The van der Waals surface area contributed by atoms with Gasteiger partial charge in [-0.2, -0.15) is 0 Å². The number of Topliss-reactive ketones (excluding diaryl/α,β-unsaturated/α-hetero) is 3. The molecule has 6 N–H and O–H groups in total. The number of carbonyl (C=O) groups excluding carboxylic acids is 3. The van der Waals surface area contributed by atoms with Gasteiger partial charge < -0.3 is 54.3 Å². The second-order valence-electron chi connectivity index (χ2n) is 15.3. The van der Waals surface area contributed by atoms with Crippen LogP contribution in [0.1, 0.15) is 105 Å². The summed E-state index contributed by atoms with van der Waals surface area (Å²) in [6.07, 6.45) is -5.05. The molecule has 3 heterocycles. The number of aliphatic hydroxyl groups excluding tert-OH is 3. The molecule has 3 aliphatic carbocycles. The monoisotopic (exact) mass is 714 g/mol. The lowest BCUT2D eigenvalue weighted by Gasteiger charge is -2.55. The zero-order valence-electron chi connectivity index (χ0n) is 29.0. The second kappa shape index (κ2) is 12.9. The largest absolute Gasteiger partial charge is 0.507 e. The maximum absolute atomic E-state index is 14.6. The summed E-state index contributed by atoms with van der Waals surface area (Å²) in [6.45, 7) is 6.39. The van der Waals surface area contributed by atoms with Crippen LogP contribution < -0.4 is 0 Å². The van der Waals surface area contributed by atoms with E-state index in [0.29, 0.717) is 12.8 Å². The molecule has 1 saturated carbocycles. The molecule has 13 atom stereocenters. The number of phenols is 1. The van der Waals surface area contributed by atoms with Crippen LogP contribution in [0.3, 0.4) is 0 Å². The Kier molecular flexibility index (Phi) is 9.23. The van der Waals surface area contributed by atoms with Crippen LogP contribution in [-0.4, -0.2) is 120 Å². The average Bonchev–Trinajstić information content (AvgIpc) is 3.05. The summed E-state index contributed by atoms with van der Waals surface area (Å²) in [5, 5.41) is 66.0. The Labute approximate surface area is 294 Å². The number of carbonyl (C=O) groups is 3. The summed E-state index contributed by atoms with van der Waals surface area (Å²) in [4.78, 5) is 43.1. The zero-order chi connectivity index (χ0) is 36.8. The molecule has 3 saturated heterocycles. The van der Waals surface area contributed by atoms with Crippen LogP contribution in [0.25, 0.3) is 0 Å². The van der Waals surface area contributed by atoms with Gasteiger partial charge in [-0.15, -0.1) is 0 Å². The molecule has 0 bridgehead atoms. The Morgan fingerprint density at radius 2 is 1.49 bits per heavy atom. The van der Waals surface area contributed by atoms with Gasteiger partial charge in [-0.25, -0.2) is 0 Å².